The Morgan fingerprint density at radius 2 is 1.81 bits per heavy atom. The Labute approximate surface area is 125 Å². The lowest BCUT2D eigenvalue weighted by Gasteiger charge is -2.60. The third-order valence-corrected chi connectivity index (χ3v) is 5.30. The summed E-state index contributed by atoms with van der Waals surface area (Å²) in [5.74, 6) is 0.434. The molecule has 4 rings (SSSR count). The molecule has 0 aromatic rings. The van der Waals surface area contributed by atoms with Crippen LogP contribution in [-0.4, -0.2) is 24.1 Å². The molecule has 4 bridgehead atoms. The van der Waals surface area contributed by atoms with Gasteiger partial charge in [-0.3, -0.25) is 0 Å². The van der Waals surface area contributed by atoms with Crippen molar-refractivity contribution in [3.05, 3.63) is 12.2 Å². The fraction of sp³-hybridized carbons (Fsp3) is 0.765. The minimum Gasteiger partial charge on any atom is -0.457 e. The van der Waals surface area contributed by atoms with Crippen LogP contribution in [0, 0.1) is 17.3 Å². The molecule has 4 saturated carbocycles. The van der Waals surface area contributed by atoms with E-state index in [0.717, 1.165) is 19.3 Å². The molecule has 4 heteroatoms. The highest BCUT2D eigenvalue weighted by atomic mass is 16.6. The van der Waals surface area contributed by atoms with E-state index in [-0.39, 0.29) is 12.2 Å². The first-order chi connectivity index (χ1) is 9.79. The van der Waals surface area contributed by atoms with E-state index >= 15 is 0 Å². The minimum atomic E-state index is -0.538. The normalized spacial score (nSPS) is 39.9. The van der Waals surface area contributed by atoms with E-state index in [9.17, 15) is 9.59 Å². The Balaban J connectivity index is 1.61. The Bertz CT molecular complexity index is 479. The summed E-state index contributed by atoms with van der Waals surface area (Å²) in [6.45, 7) is 7.08. The molecule has 0 saturated heterocycles. The van der Waals surface area contributed by atoms with Crippen LogP contribution >= 0.6 is 0 Å². The highest BCUT2D eigenvalue weighted by Crippen LogP contribution is 2.62. The van der Waals surface area contributed by atoms with Gasteiger partial charge >= 0.3 is 11.9 Å². The van der Waals surface area contributed by atoms with E-state index in [4.69, 9.17) is 9.47 Å². The molecule has 4 aliphatic rings. The van der Waals surface area contributed by atoms with Gasteiger partial charge in [-0.2, -0.15) is 0 Å². The van der Waals surface area contributed by atoms with Crippen LogP contribution in [0.3, 0.4) is 0 Å². The Morgan fingerprint density at radius 1 is 1.19 bits per heavy atom. The molecule has 21 heavy (non-hydrogen) atoms. The molecular formula is C17H24O4. The topological polar surface area (TPSA) is 52.6 Å². The van der Waals surface area contributed by atoms with Crippen LogP contribution < -0.4 is 0 Å². The van der Waals surface area contributed by atoms with Gasteiger partial charge in [-0.1, -0.05) is 13.5 Å². The van der Waals surface area contributed by atoms with Gasteiger partial charge in [-0.25, -0.2) is 9.59 Å². The van der Waals surface area contributed by atoms with Crippen LogP contribution in [0.5, 0.6) is 0 Å². The predicted molar refractivity (Wildman–Crippen MR) is 77.4 cm³/mol. The second-order valence-electron chi connectivity index (χ2n) is 7.79. The van der Waals surface area contributed by atoms with Crippen LogP contribution in [0.1, 0.15) is 52.4 Å². The van der Waals surface area contributed by atoms with Gasteiger partial charge in [0, 0.05) is 5.57 Å². The predicted octanol–water partition coefficient (Wildman–Crippen LogP) is 3.01. The molecule has 116 valence electrons. The van der Waals surface area contributed by atoms with Crippen molar-refractivity contribution in [3.8, 4) is 0 Å². The molecule has 4 aliphatic carbocycles. The van der Waals surface area contributed by atoms with Crippen molar-refractivity contribution in [2.75, 3.05) is 6.61 Å². The molecule has 0 heterocycles. The van der Waals surface area contributed by atoms with Crippen molar-refractivity contribution in [2.45, 2.75) is 58.0 Å². The fourth-order valence-electron chi connectivity index (χ4n) is 5.27. The smallest absolute Gasteiger partial charge is 0.344 e. The SMILES string of the molecule is C=C(C)C(=O)OCC(=O)OC12CC3CC(CC(C)(C3)C1)C2. The monoisotopic (exact) mass is 292 g/mol. The van der Waals surface area contributed by atoms with Crippen molar-refractivity contribution in [1.82, 2.24) is 0 Å². The largest absolute Gasteiger partial charge is 0.457 e. The summed E-state index contributed by atoms with van der Waals surface area (Å²) in [5.41, 5.74) is 0.328. The standard InChI is InChI=1S/C17H24O4/c1-11(2)15(19)20-9-14(18)21-17-7-12-4-13(8-17)6-16(3,5-12)10-17/h12-13H,1,4-10H2,2-3H3. The van der Waals surface area contributed by atoms with Crippen molar-refractivity contribution in [1.29, 1.82) is 0 Å². The molecule has 0 aliphatic heterocycles. The molecule has 4 fully saturated rings. The van der Waals surface area contributed by atoms with Crippen molar-refractivity contribution < 1.29 is 19.1 Å². The van der Waals surface area contributed by atoms with Gasteiger partial charge in [0.05, 0.1) is 0 Å². The van der Waals surface area contributed by atoms with E-state index in [0.29, 0.717) is 22.8 Å². The van der Waals surface area contributed by atoms with E-state index in [1.165, 1.54) is 19.3 Å². The molecule has 4 nitrogen and oxygen atoms in total. The lowest BCUT2D eigenvalue weighted by molar-refractivity contribution is -0.203. The number of hydrogen-bond donors (Lipinski definition) is 0. The first-order valence-corrected chi connectivity index (χ1v) is 7.84. The minimum absolute atomic E-state index is 0.296. The first kappa shape index (κ1) is 14.6. The lowest BCUT2D eigenvalue weighted by Crippen LogP contribution is -2.56. The highest BCUT2D eigenvalue weighted by molar-refractivity contribution is 5.88. The molecular weight excluding hydrogens is 268 g/mol. The summed E-state index contributed by atoms with van der Waals surface area (Å²) in [5, 5.41) is 0. The third-order valence-electron chi connectivity index (χ3n) is 5.30. The van der Waals surface area contributed by atoms with E-state index in [1.54, 1.807) is 6.92 Å². The van der Waals surface area contributed by atoms with Gasteiger partial charge in [-0.05, 0) is 62.7 Å². The van der Waals surface area contributed by atoms with E-state index in [2.05, 4.69) is 13.5 Å². The third kappa shape index (κ3) is 2.85. The van der Waals surface area contributed by atoms with Crippen LogP contribution in [0.25, 0.3) is 0 Å². The zero-order valence-corrected chi connectivity index (χ0v) is 12.9. The zero-order valence-electron chi connectivity index (χ0n) is 12.9. The molecule has 0 aromatic carbocycles. The van der Waals surface area contributed by atoms with Crippen LogP contribution in [0.2, 0.25) is 0 Å². The average molecular weight is 292 g/mol. The van der Waals surface area contributed by atoms with E-state index < -0.39 is 11.9 Å². The Kier molecular flexibility index (Phi) is 3.38. The van der Waals surface area contributed by atoms with Crippen LogP contribution in [-0.2, 0) is 19.1 Å². The molecule has 0 spiro atoms. The molecule has 0 aromatic heterocycles. The molecule has 0 radical (unpaired) electrons. The summed E-state index contributed by atoms with van der Waals surface area (Å²) >= 11 is 0. The second kappa shape index (κ2) is 4.85. The summed E-state index contributed by atoms with van der Waals surface area (Å²) in [7, 11) is 0. The Morgan fingerprint density at radius 3 is 2.33 bits per heavy atom. The maximum absolute atomic E-state index is 12.0. The average Bonchev–Trinajstić information content (AvgIpc) is 2.31. The molecule has 0 N–H and O–H groups in total. The number of hydrogen-bond acceptors (Lipinski definition) is 4. The van der Waals surface area contributed by atoms with Crippen LogP contribution in [0.15, 0.2) is 12.2 Å². The van der Waals surface area contributed by atoms with Gasteiger partial charge in [0.25, 0.3) is 0 Å². The van der Waals surface area contributed by atoms with Crippen molar-refractivity contribution >= 4 is 11.9 Å². The van der Waals surface area contributed by atoms with Crippen molar-refractivity contribution in [2.24, 2.45) is 17.3 Å². The molecule has 0 amide bonds. The summed E-state index contributed by atoms with van der Waals surface area (Å²) in [4.78, 5) is 23.4. The fourth-order valence-corrected chi connectivity index (χ4v) is 5.27. The number of ether oxygens (including phenoxy) is 2. The maximum atomic E-state index is 12.0. The quantitative estimate of drug-likeness (QED) is 0.590. The Hall–Kier alpha value is -1.32. The maximum Gasteiger partial charge on any atom is 0.344 e. The van der Waals surface area contributed by atoms with Gasteiger partial charge in [-0.15, -0.1) is 0 Å². The number of esters is 2. The summed E-state index contributed by atoms with van der Waals surface area (Å²) in [6, 6.07) is 0. The van der Waals surface area contributed by atoms with Gasteiger partial charge in [0.15, 0.2) is 6.61 Å². The summed E-state index contributed by atoms with van der Waals surface area (Å²) < 4.78 is 10.7. The van der Waals surface area contributed by atoms with Crippen molar-refractivity contribution in [3.63, 3.8) is 0 Å². The number of rotatable bonds is 4. The number of carbonyl (C=O) groups is 2. The van der Waals surface area contributed by atoms with Gasteiger partial charge in [0.1, 0.15) is 5.60 Å². The van der Waals surface area contributed by atoms with Gasteiger partial charge in [0.2, 0.25) is 0 Å². The molecule has 2 unspecified atom stereocenters. The van der Waals surface area contributed by atoms with E-state index in [1.807, 2.05) is 0 Å². The summed E-state index contributed by atoms with van der Waals surface area (Å²) in [6.07, 6.45) is 6.77. The molecule has 2 atom stereocenters. The zero-order chi connectivity index (χ0) is 15.3. The van der Waals surface area contributed by atoms with Gasteiger partial charge < -0.3 is 9.47 Å². The lowest BCUT2D eigenvalue weighted by atomic mass is 9.48. The highest BCUT2D eigenvalue weighted by Gasteiger charge is 2.57. The first-order valence-electron chi connectivity index (χ1n) is 7.84. The second-order valence-corrected chi connectivity index (χ2v) is 7.79. The number of carbonyl (C=O) groups excluding carboxylic acids is 2. The van der Waals surface area contributed by atoms with Crippen LogP contribution in [0.4, 0.5) is 0 Å².